The van der Waals surface area contributed by atoms with Gasteiger partial charge in [-0.25, -0.2) is 0 Å². The third kappa shape index (κ3) is 2.83. The largest absolute Gasteiger partial charge is 0.361 e. The zero-order valence-electron chi connectivity index (χ0n) is 15.4. The van der Waals surface area contributed by atoms with E-state index in [4.69, 9.17) is 0 Å². The number of H-pyrrole nitrogens is 1. The van der Waals surface area contributed by atoms with Gasteiger partial charge in [0.05, 0.1) is 23.9 Å². The Balaban J connectivity index is 1.84. The molecule has 27 heavy (non-hydrogen) atoms. The Labute approximate surface area is 156 Å². The van der Waals surface area contributed by atoms with Crippen LogP contribution in [0.15, 0.2) is 36.7 Å². The SMILES string of the molecule is CN(C)CCn1cc(C2=C(c3c[nH]c4ccccc34)C(=O)N(C)C2=O)nn1. The lowest BCUT2D eigenvalue weighted by molar-refractivity contribution is -0.134. The normalized spacial score (nSPS) is 15.0. The number of rotatable bonds is 5. The fourth-order valence-corrected chi connectivity index (χ4v) is 3.23. The number of hydrogen-bond acceptors (Lipinski definition) is 5. The molecule has 0 saturated heterocycles. The van der Waals surface area contributed by atoms with E-state index in [1.807, 2.05) is 43.3 Å². The highest BCUT2D eigenvalue weighted by atomic mass is 16.2. The molecule has 4 rings (SSSR count). The van der Waals surface area contributed by atoms with Gasteiger partial charge in [-0.05, 0) is 20.2 Å². The van der Waals surface area contributed by atoms with Crippen molar-refractivity contribution in [3.8, 4) is 0 Å². The number of fused-ring (bicyclic) bond motifs is 1. The first-order valence-electron chi connectivity index (χ1n) is 8.65. The lowest BCUT2D eigenvalue weighted by atomic mass is 9.99. The molecule has 0 spiro atoms. The van der Waals surface area contributed by atoms with Crippen molar-refractivity contribution < 1.29 is 9.59 Å². The molecule has 1 N–H and O–H groups in total. The molecule has 1 aliphatic rings. The van der Waals surface area contributed by atoms with Crippen LogP contribution in [-0.2, 0) is 16.1 Å². The minimum atomic E-state index is -0.361. The number of amides is 2. The van der Waals surface area contributed by atoms with E-state index in [2.05, 4.69) is 15.3 Å². The van der Waals surface area contributed by atoms with Crippen LogP contribution in [0.3, 0.4) is 0 Å². The molecule has 0 fully saturated rings. The van der Waals surface area contributed by atoms with E-state index in [-0.39, 0.29) is 11.8 Å². The Morgan fingerprint density at radius 3 is 2.63 bits per heavy atom. The maximum absolute atomic E-state index is 12.8. The molecule has 2 aromatic heterocycles. The number of carbonyl (C=O) groups is 2. The monoisotopic (exact) mass is 364 g/mol. The molecule has 8 nitrogen and oxygen atoms in total. The number of para-hydroxylation sites is 1. The van der Waals surface area contributed by atoms with Crippen LogP contribution in [0.1, 0.15) is 11.3 Å². The fourth-order valence-electron chi connectivity index (χ4n) is 3.23. The lowest BCUT2D eigenvalue weighted by Gasteiger charge is -2.07. The van der Waals surface area contributed by atoms with Gasteiger partial charge in [-0.2, -0.15) is 0 Å². The van der Waals surface area contributed by atoms with Gasteiger partial charge in [0.15, 0.2) is 0 Å². The predicted octanol–water partition coefficient (Wildman–Crippen LogP) is 1.23. The van der Waals surface area contributed by atoms with Gasteiger partial charge >= 0.3 is 0 Å². The first-order chi connectivity index (χ1) is 13.0. The second-order valence-electron chi connectivity index (χ2n) is 6.84. The third-order valence-corrected chi connectivity index (χ3v) is 4.72. The molecule has 0 unspecified atom stereocenters. The maximum Gasteiger partial charge on any atom is 0.263 e. The van der Waals surface area contributed by atoms with Crippen LogP contribution in [0.5, 0.6) is 0 Å². The minimum absolute atomic E-state index is 0.295. The van der Waals surface area contributed by atoms with Crippen LogP contribution >= 0.6 is 0 Å². The molecule has 0 saturated carbocycles. The summed E-state index contributed by atoms with van der Waals surface area (Å²) in [4.78, 5) is 32.0. The van der Waals surface area contributed by atoms with E-state index >= 15 is 0 Å². The number of aromatic nitrogens is 4. The number of imide groups is 1. The summed E-state index contributed by atoms with van der Waals surface area (Å²) in [5, 5.41) is 9.16. The fraction of sp³-hybridized carbons (Fsp3) is 0.263. The number of hydrogen-bond donors (Lipinski definition) is 1. The molecule has 0 radical (unpaired) electrons. The average Bonchev–Trinajstić information content (AvgIpc) is 3.34. The number of carbonyl (C=O) groups excluding carboxylic acids is 2. The third-order valence-electron chi connectivity index (χ3n) is 4.72. The highest BCUT2D eigenvalue weighted by Crippen LogP contribution is 2.37. The van der Waals surface area contributed by atoms with Gasteiger partial charge in [0.2, 0.25) is 0 Å². The van der Waals surface area contributed by atoms with Crippen LogP contribution in [0.4, 0.5) is 0 Å². The molecule has 1 aromatic carbocycles. The van der Waals surface area contributed by atoms with Crippen LogP contribution in [0.25, 0.3) is 22.0 Å². The molecule has 2 amide bonds. The average molecular weight is 364 g/mol. The molecule has 0 atom stereocenters. The molecule has 138 valence electrons. The van der Waals surface area contributed by atoms with Gasteiger partial charge in [-0.1, -0.05) is 23.4 Å². The number of benzene rings is 1. The zero-order chi connectivity index (χ0) is 19.1. The van der Waals surface area contributed by atoms with E-state index in [1.54, 1.807) is 17.1 Å². The van der Waals surface area contributed by atoms with Gasteiger partial charge in [-0.15, -0.1) is 5.10 Å². The van der Waals surface area contributed by atoms with Crippen LogP contribution in [0.2, 0.25) is 0 Å². The number of nitrogens with one attached hydrogen (secondary N) is 1. The van der Waals surface area contributed by atoms with Crippen molar-refractivity contribution in [1.82, 2.24) is 29.8 Å². The van der Waals surface area contributed by atoms with Gasteiger partial charge < -0.3 is 9.88 Å². The van der Waals surface area contributed by atoms with Crippen LogP contribution in [-0.4, -0.2) is 69.3 Å². The van der Waals surface area contributed by atoms with E-state index in [0.29, 0.717) is 28.9 Å². The quantitative estimate of drug-likeness (QED) is 0.688. The predicted molar refractivity (Wildman–Crippen MR) is 101 cm³/mol. The minimum Gasteiger partial charge on any atom is -0.361 e. The molecule has 8 heteroatoms. The molecule has 3 aromatic rings. The summed E-state index contributed by atoms with van der Waals surface area (Å²) in [6, 6.07) is 7.68. The molecular weight excluding hydrogens is 344 g/mol. The number of likely N-dealkylation sites (N-methyl/N-ethyl adjacent to an activating group) is 2. The Hall–Kier alpha value is -3.26. The van der Waals surface area contributed by atoms with E-state index in [9.17, 15) is 9.59 Å². The van der Waals surface area contributed by atoms with Crippen molar-refractivity contribution in [3.05, 3.63) is 47.9 Å². The second-order valence-corrected chi connectivity index (χ2v) is 6.84. The smallest absolute Gasteiger partial charge is 0.263 e. The Bertz CT molecular complexity index is 1070. The van der Waals surface area contributed by atoms with Crippen molar-refractivity contribution >= 4 is 33.9 Å². The summed E-state index contributed by atoms with van der Waals surface area (Å²) in [5.41, 5.74) is 2.68. The molecular formula is C19H20N6O2. The highest BCUT2D eigenvalue weighted by Gasteiger charge is 2.39. The Morgan fingerprint density at radius 2 is 1.85 bits per heavy atom. The van der Waals surface area contributed by atoms with Crippen LogP contribution in [0, 0.1) is 0 Å². The standard InChI is InChI=1S/C19H20N6O2/c1-23(2)8-9-25-11-15(21-22-25)17-16(18(26)24(3)19(17)27)13-10-20-14-7-5-4-6-12(13)14/h4-7,10-11,20H,8-9H2,1-3H3. The molecule has 1 aliphatic heterocycles. The zero-order valence-corrected chi connectivity index (χ0v) is 15.4. The van der Waals surface area contributed by atoms with Gasteiger partial charge in [0.25, 0.3) is 11.8 Å². The molecule has 3 heterocycles. The number of aromatic amines is 1. The lowest BCUT2D eigenvalue weighted by Crippen LogP contribution is -2.26. The van der Waals surface area contributed by atoms with E-state index in [1.165, 1.54) is 7.05 Å². The van der Waals surface area contributed by atoms with Gasteiger partial charge in [0.1, 0.15) is 5.69 Å². The maximum atomic E-state index is 12.8. The first-order valence-corrected chi connectivity index (χ1v) is 8.65. The Morgan fingerprint density at radius 1 is 1.11 bits per heavy atom. The van der Waals surface area contributed by atoms with Crippen molar-refractivity contribution in [2.24, 2.45) is 0 Å². The Kier molecular flexibility index (Phi) is 4.12. The summed E-state index contributed by atoms with van der Waals surface area (Å²) < 4.78 is 1.69. The van der Waals surface area contributed by atoms with Crippen molar-refractivity contribution in [2.45, 2.75) is 6.54 Å². The summed E-state index contributed by atoms with van der Waals surface area (Å²) in [6.07, 6.45) is 3.48. The summed E-state index contributed by atoms with van der Waals surface area (Å²) in [6.45, 7) is 1.44. The summed E-state index contributed by atoms with van der Waals surface area (Å²) >= 11 is 0. The highest BCUT2D eigenvalue weighted by molar-refractivity contribution is 6.49. The van der Waals surface area contributed by atoms with Gasteiger partial charge in [-0.3, -0.25) is 19.2 Å². The second kappa shape index (κ2) is 6.48. The summed E-state index contributed by atoms with van der Waals surface area (Å²) in [7, 11) is 5.44. The van der Waals surface area contributed by atoms with Crippen molar-refractivity contribution in [1.29, 1.82) is 0 Å². The van der Waals surface area contributed by atoms with E-state index in [0.717, 1.165) is 22.3 Å². The topological polar surface area (TPSA) is 87.1 Å². The van der Waals surface area contributed by atoms with Crippen LogP contribution < -0.4 is 0 Å². The summed E-state index contributed by atoms with van der Waals surface area (Å²) in [5.74, 6) is -0.692. The molecule has 0 bridgehead atoms. The first kappa shape index (κ1) is 17.2. The number of nitrogens with zero attached hydrogens (tertiary/aromatic N) is 5. The van der Waals surface area contributed by atoms with Crippen molar-refractivity contribution in [2.75, 3.05) is 27.7 Å². The van der Waals surface area contributed by atoms with Crippen molar-refractivity contribution in [3.63, 3.8) is 0 Å². The van der Waals surface area contributed by atoms with Gasteiger partial charge in [0, 0.05) is 36.3 Å². The molecule has 0 aliphatic carbocycles. The van der Waals surface area contributed by atoms with E-state index < -0.39 is 0 Å².